The van der Waals surface area contributed by atoms with E-state index in [0.717, 1.165) is 13.1 Å². The zero-order valence-corrected chi connectivity index (χ0v) is 15.5. The highest BCUT2D eigenvalue weighted by Gasteiger charge is 2.22. The van der Waals surface area contributed by atoms with Crippen molar-refractivity contribution in [1.82, 2.24) is 15.5 Å². The minimum absolute atomic E-state index is 0.0133. The molecule has 1 aliphatic heterocycles. The number of carbonyl (C=O) groups is 2. The molecule has 1 aromatic carbocycles. The molecule has 1 unspecified atom stereocenters. The van der Waals surface area contributed by atoms with Gasteiger partial charge in [0.2, 0.25) is 11.8 Å². The number of carbonyl (C=O) groups excluding carboxylic acids is 2. The molecule has 2 N–H and O–H groups in total. The van der Waals surface area contributed by atoms with E-state index in [-0.39, 0.29) is 17.9 Å². The summed E-state index contributed by atoms with van der Waals surface area (Å²) in [6.07, 6.45) is 5.35. The lowest BCUT2D eigenvalue weighted by molar-refractivity contribution is -0.121. The van der Waals surface area contributed by atoms with Gasteiger partial charge in [0.1, 0.15) is 0 Å². The number of amides is 2. The van der Waals surface area contributed by atoms with Crippen molar-refractivity contribution in [1.29, 1.82) is 0 Å². The van der Waals surface area contributed by atoms with Crippen molar-refractivity contribution in [2.45, 2.75) is 52.0 Å². The molecule has 1 aromatic rings. The molecular weight excluding hydrogens is 314 g/mol. The van der Waals surface area contributed by atoms with Crippen LogP contribution in [0.15, 0.2) is 24.3 Å². The summed E-state index contributed by atoms with van der Waals surface area (Å²) >= 11 is 0. The molecule has 0 aliphatic carbocycles. The van der Waals surface area contributed by atoms with Crippen LogP contribution in [0.1, 0.15) is 56.2 Å². The molecule has 1 heterocycles. The fourth-order valence-electron chi connectivity index (χ4n) is 3.30. The average Bonchev–Trinajstić information content (AvgIpc) is 2.85. The molecule has 2 amide bonds. The Kier molecular flexibility index (Phi) is 7.92. The van der Waals surface area contributed by atoms with Gasteiger partial charge in [0.25, 0.3) is 0 Å². The molecule has 0 spiro atoms. The molecule has 2 rings (SSSR count). The number of hydrogen-bond acceptors (Lipinski definition) is 3. The van der Waals surface area contributed by atoms with Gasteiger partial charge in [-0.15, -0.1) is 0 Å². The van der Waals surface area contributed by atoms with Crippen LogP contribution in [0.25, 0.3) is 0 Å². The van der Waals surface area contributed by atoms with Gasteiger partial charge in [-0.1, -0.05) is 42.7 Å². The van der Waals surface area contributed by atoms with E-state index < -0.39 is 0 Å². The molecule has 0 aromatic heterocycles. The lowest BCUT2D eigenvalue weighted by Crippen LogP contribution is -2.39. The lowest BCUT2D eigenvalue weighted by atomic mass is 10.0. The Labute approximate surface area is 151 Å². The summed E-state index contributed by atoms with van der Waals surface area (Å²) in [7, 11) is 0. The second kappa shape index (κ2) is 10.2. The van der Waals surface area contributed by atoms with Crippen molar-refractivity contribution in [3.8, 4) is 0 Å². The maximum absolute atomic E-state index is 12.1. The van der Waals surface area contributed by atoms with Gasteiger partial charge in [0.05, 0.1) is 6.04 Å². The fourth-order valence-corrected chi connectivity index (χ4v) is 3.30. The number of nitrogens with zero attached hydrogens (tertiary/aromatic N) is 1. The summed E-state index contributed by atoms with van der Waals surface area (Å²) in [6.45, 7) is 6.72. The van der Waals surface area contributed by atoms with Gasteiger partial charge in [-0.2, -0.15) is 0 Å². The number of aryl methyl sites for hydroxylation is 1. The second-order valence-electron chi connectivity index (χ2n) is 6.91. The highest BCUT2D eigenvalue weighted by atomic mass is 16.2. The third kappa shape index (κ3) is 6.86. The zero-order valence-electron chi connectivity index (χ0n) is 15.5. The Hall–Kier alpha value is -1.88. The predicted molar refractivity (Wildman–Crippen MR) is 100 cm³/mol. The van der Waals surface area contributed by atoms with Gasteiger partial charge in [-0.05, 0) is 38.4 Å². The first-order chi connectivity index (χ1) is 12.1. The van der Waals surface area contributed by atoms with Crippen LogP contribution in [0.5, 0.6) is 0 Å². The van der Waals surface area contributed by atoms with Crippen LogP contribution in [-0.2, 0) is 9.59 Å². The Morgan fingerprint density at radius 2 is 1.68 bits per heavy atom. The highest BCUT2D eigenvalue weighted by molar-refractivity contribution is 5.77. The van der Waals surface area contributed by atoms with Crippen LogP contribution >= 0.6 is 0 Å². The van der Waals surface area contributed by atoms with Crippen molar-refractivity contribution in [3.63, 3.8) is 0 Å². The first kappa shape index (κ1) is 19.4. The van der Waals surface area contributed by atoms with Crippen molar-refractivity contribution >= 4 is 11.8 Å². The predicted octanol–water partition coefficient (Wildman–Crippen LogP) is 2.55. The molecule has 5 nitrogen and oxygen atoms in total. The van der Waals surface area contributed by atoms with Crippen LogP contribution in [0.4, 0.5) is 0 Å². The number of benzene rings is 1. The second-order valence-corrected chi connectivity index (χ2v) is 6.91. The number of hydrogen-bond donors (Lipinski definition) is 2. The van der Waals surface area contributed by atoms with Gasteiger partial charge in [-0.25, -0.2) is 0 Å². The SMILES string of the molecule is CC(=O)NCCC(=O)NCC(c1ccc(C)cc1)N1CCCCCC1. The Morgan fingerprint density at radius 1 is 1.04 bits per heavy atom. The van der Waals surface area contributed by atoms with Gasteiger partial charge >= 0.3 is 0 Å². The van der Waals surface area contributed by atoms with Gasteiger partial charge in [0, 0.05) is 26.4 Å². The summed E-state index contributed by atoms with van der Waals surface area (Å²) in [6, 6.07) is 8.84. The van der Waals surface area contributed by atoms with E-state index in [1.165, 1.54) is 43.7 Å². The molecule has 138 valence electrons. The molecule has 1 saturated heterocycles. The van der Waals surface area contributed by atoms with Crippen molar-refractivity contribution in [3.05, 3.63) is 35.4 Å². The van der Waals surface area contributed by atoms with E-state index >= 15 is 0 Å². The van der Waals surface area contributed by atoms with E-state index in [2.05, 4.69) is 46.7 Å². The molecule has 5 heteroatoms. The monoisotopic (exact) mass is 345 g/mol. The Balaban J connectivity index is 1.97. The molecule has 0 radical (unpaired) electrons. The van der Waals surface area contributed by atoms with Gasteiger partial charge in [0.15, 0.2) is 0 Å². The van der Waals surface area contributed by atoms with Crippen molar-refractivity contribution < 1.29 is 9.59 Å². The van der Waals surface area contributed by atoms with Crippen LogP contribution in [0.2, 0.25) is 0 Å². The van der Waals surface area contributed by atoms with Crippen molar-refractivity contribution in [2.24, 2.45) is 0 Å². The summed E-state index contributed by atoms with van der Waals surface area (Å²) < 4.78 is 0. The van der Waals surface area contributed by atoms with E-state index in [0.29, 0.717) is 19.5 Å². The van der Waals surface area contributed by atoms with Gasteiger partial charge in [-0.3, -0.25) is 14.5 Å². The highest BCUT2D eigenvalue weighted by Crippen LogP contribution is 2.24. The van der Waals surface area contributed by atoms with Crippen LogP contribution in [-0.4, -0.2) is 42.9 Å². The molecule has 0 saturated carbocycles. The van der Waals surface area contributed by atoms with E-state index in [1.54, 1.807) is 0 Å². The average molecular weight is 345 g/mol. The maximum atomic E-state index is 12.1. The smallest absolute Gasteiger partial charge is 0.221 e. The molecule has 1 aliphatic rings. The quantitative estimate of drug-likeness (QED) is 0.798. The molecule has 0 bridgehead atoms. The normalized spacial score (nSPS) is 16.7. The van der Waals surface area contributed by atoms with Crippen LogP contribution in [0.3, 0.4) is 0 Å². The topological polar surface area (TPSA) is 61.4 Å². The van der Waals surface area contributed by atoms with E-state index in [1.807, 2.05) is 0 Å². The van der Waals surface area contributed by atoms with E-state index in [4.69, 9.17) is 0 Å². The lowest BCUT2D eigenvalue weighted by Gasteiger charge is -2.31. The van der Waals surface area contributed by atoms with Crippen molar-refractivity contribution in [2.75, 3.05) is 26.2 Å². The third-order valence-electron chi connectivity index (χ3n) is 4.76. The molecule has 1 fully saturated rings. The number of rotatable bonds is 7. The number of nitrogens with one attached hydrogen (secondary N) is 2. The Morgan fingerprint density at radius 3 is 2.28 bits per heavy atom. The minimum atomic E-state index is -0.102. The molecule has 1 atom stereocenters. The maximum Gasteiger partial charge on any atom is 0.221 e. The number of likely N-dealkylation sites (tertiary alicyclic amines) is 1. The third-order valence-corrected chi connectivity index (χ3v) is 4.76. The first-order valence-electron chi connectivity index (χ1n) is 9.38. The minimum Gasteiger partial charge on any atom is -0.356 e. The standard InChI is InChI=1S/C20H31N3O2/c1-16-7-9-18(10-8-16)19(23-13-5-3-4-6-14-23)15-22-20(25)11-12-21-17(2)24/h7-10,19H,3-6,11-15H2,1-2H3,(H,21,24)(H,22,25). The zero-order chi connectivity index (χ0) is 18.1. The summed E-state index contributed by atoms with van der Waals surface area (Å²) in [4.78, 5) is 25.5. The summed E-state index contributed by atoms with van der Waals surface area (Å²) in [5, 5.41) is 5.72. The summed E-state index contributed by atoms with van der Waals surface area (Å²) in [5.41, 5.74) is 2.51. The molecule has 25 heavy (non-hydrogen) atoms. The fraction of sp³-hybridized carbons (Fsp3) is 0.600. The summed E-state index contributed by atoms with van der Waals surface area (Å²) in [5.74, 6) is -0.115. The van der Waals surface area contributed by atoms with E-state index in [9.17, 15) is 9.59 Å². The first-order valence-corrected chi connectivity index (χ1v) is 9.38. The largest absolute Gasteiger partial charge is 0.356 e. The van der Waals surface area contributed by atoms with Crippen LogP contribution < -0.4 is 10.6 Å². The Bertz CT molecular complexity index is 549. The van der Waals surface area contributed by atoms with Crippen LogP contribution in [0, 0.1) is 6.92 Å². The van der Waals surface area contributed by atoms with Gasteiger partial charge < -0.3 is 10.6 Å². The molecular formula is C20H31N3O2.